The van der Waals surface area contributed by atoms with E-state index in [9.17, 15) is 4.79 Å². The van der Waals surface area contributed by atoms with Crippen LogP contribution in [0.3, 0.4) is 0 Å². The molecule has 0 bridgehead atoms. The summed E-state index contributed by atoms with van der Waals surface area (Å²) in [6, 6.07) is 8.05. The highest BCUT2D eigenvalue weighted by Crippen LogP contribution is 2.24. The second kappa shape index (κ2) is 9.37. The zero-order valence-electron chi connectivity index (χ0n) is 12.7. The first-order valence-corrected chi connectivity index (χ1v) is 7.40. The van der Waals surface area contributed by atoms with E-state index in [4.69, 9.17) is 4.74 Å². The van der Waals surface area contributed by atoms with Gasteiger partial charge in [0.25, 0.3) is 5.91 Å². The third kappa shape index (κ3) is 5.61. The average molecular weight is 278 g/mol. The normalized spacial score (nSPS) is 11.9. The number of ether oxygens (including phenoxy) is 1. The highest BCUT2D eigenvalue weighted by molar-refractivity contribution is 5.77. The first-order valence-electron chi connectivity index (χ1n) is 7.40. The molecule has 0 fully saturated rings. The second-order valence-electron chi connectivity index (χ2n) is 4.81. The number of unbranched alkanes of at least 4 members (excludes halogenated alkanes) is 1. The number of carbonyl (C=O) groups excluding carboxylic acids is 1. The van der Waals surface area contributed by atoms with E-state index >= 15 is 0 Å². The number of para-hydroxylation sites is 1. The Morgan fingerprint density at radius 1 is 1.30 bits per heavy atom. The molecule has 1 aromatic rings. The molecule has 1 rings (SSSR count). The third-order valence-electron chi connectivity index (χ3n) is 3.11. The van der Waals surface area contributed by atoms with Crippen molar-refractivity contribution in [3.8, 4) is 5.75 Å². The summed E-state index contributed by atoms with van der Waals surface area (Å²) in [4.78, 5) is 11.6. The monoisotopic (exact) mass is 278 g/mol. The number of rotatable bonds is 9. The van der Waals surface area contributed by atoms with Crippen LogP contribution in [0.25, 0.3) is 0 Å². The summed E-state index contributed by atoms with van der Waals surface area (Å²) >= 11 is 0. The molecule has 2 N–H and O–H groups in total. The number of hydrogen-bond acceptors (Lipinski definition) is 3. The fourth-order valence-corrected chi connectivity index (χ4v) is 1.98. The van der Waals surface area contributed by atoms with Crippen molar-refractivity contribution < 1.29 is 9.53 Å². The summed E-state index contributed by atoms with van der Waals surface area (Å²) < 4.78 is 5.65. The molecule has 4 nitrogen and oxygen atoms in total. The Labute approximate surface area is 121 Å². The fourth-order valence-electron chi connectivity index (χ4n) is 1.98. The van der Waals surface area contributed by atoms with Crippen LogP contribution in [0.5, 0.6) is 5.75 Å². The molecule has 0 aromatic heterocycles. The minimum atomic E-state index is -0.0654. The molecular formula is C16H26N2O2. The largest absolute Gasteiger partial charge is 0.483 e. The molecule has 0 radical (unpaired) electrons. The van der Waals surface area contributed by atoms with Gasteiger partial charge in [-0.25, -0.2) is 0 Å². The molecule has 4 heteroatoms. The maximum absolute atomic E-state index is 11.6. The zero-order chi connectivity index (χ0) is 14.8. The van der Waals surface area contributed by atoms with E-state index in [0.717, 1.165) is 30.7 Å². The van der Waals surface area contributed by atoms with E-state index in [1.54, 1.807) is 0 Å². The number of carbonyl (C=O) groups is 1. The van der Waals surface area contributed by atoms with Gasteiger partial charge < -0.3 is 15.4 Å². The summed E-state index contributed by atoms with van der Waals surface area (Å²) in [6.45, 7) is 7.94. The lowest BCUT2D eigenvalue weighted by atomic mass is 10.1. The van der Waals surface area contributed by atoms with Gasteiger partial charge in [0, 0.05) is 18.2 Å². The van der Waals surface area contributed by atoms with Crippen LogP contribution in [0, 0.1) is 0 Å². The van der Waals surface area contributed by atoms with Gasteiger partial charge in [-0.2, -0.15) is 0 Å². The van der Waals surface area contributed by atoms with E-state index in [1.807, 2.05) is 24.3 Å². The van der Waals surface area contributed by atoms with Gasteiger partial charge in [-0.15, -0.1) is 0 Å². The molecule has 0 saturated heterocycles. The Morgan fingerprint density at radius 2 is 2.05 bits per heavy atom. The van der Waals surface area contributed by atoms with Crippen LogP contribution in [0.1, 0.15) is 45.2 Å². The number of amides is 1. The van der Waals surface area contributed by atoms with Gasteiger partial charge in [0.05, 0.1) is 0 Å². The van der Waals surface area contributed by atoms with Crippen molar-refractivity contribution >= 4 is 5.91 Å². The standard InChI is InChI=1S/C16H26N2O2/c1-4-6-11-18-16(19)12-20-15-10-8-7-9-14(15)13(3)17-5-2/h7-10,13,17H,4-6,11-12H2,1-3H3,(H,18,19). The smallest absolute Gasteiger partial charge is 0.257 e. The van der Waals surface area contributed by atoms with Crippen LogP contribution in [0.2, 0.25) is 0 Å². The number of nitrogens with one attached hydrogen (secondary N) is 2. The van der Waals surface area contributed by atoms with Gasteiger partial charge in [0.1, 0.15) is 5.75 Å². The predicted octanol–water partition coefficient (Wildman–Crippen LogP) is 2.65. The lowest BCUT2D eigenvalue weighted by Crippen LogP contribution is -2.30. The summed E-state index contributed by atoms with van der Waals surface area (Å²) in [5, 5.41) is 6.20. The van der Waals surface area contributed by atoms with Crippen molar-refractivity contribution in [3.05, 3.63) is 29.8 Å². The molecule has 1 unspecified atom stereocenters. The molecule has 1 amide bonds. The lowest BCUT2D eigenvalue weighted by molar-refractivity contribution is -0.123. The minimum Gasteiger partial charge on any atom is -0.483 e. The number of benzene rings is 1. The van der Waals surface area contributed by atoms with Gasteiger partial charge in [0.15, 0.2) is 6.61 Å². The fraction of sp³-hybridized carbons (Fsp3) is 0.562. The van der Waals surface area contributed by atoms with Crippen molar-refractivity contribution in [3.63, 3.8) is 0 Å². The quantitative estimate of drug-likeness (QED) is 0.683. The van der Waals surface area contributed by atoms with Crippen LogP contribution < -0.4 is 15.4 Å². The summed E-state index contributed by atoms with van der Waals surface area (Å²) in [5.74, 6) is 0.705. The molecule has 0 aliphatic heterocycles. The molecular weight excluding hydrogens is 252 g/mol. The molecule has 20 heavy (non-hydrogen) atoms. The molecule has 1 atom stereocenters. The molecule has 0 spiro atoms. The van der Waals surface area contributed by atoms with Gasteiger partial charge >= 0.3 is 0 Å². The van der Waals surface area contributed by atoms with Crippen molar-refractivity contribution in [2.45, 2.75) is 39.7 Å². The molecule has 0 aliphatic carbocycles. The first-order chi connectivity index (χ1) is 9.69. The maximum Gasteiger partial charge on any atom is 0.257 e. The van der Waals surface area contributed by atoms with Gasteiger partial charge in [0.2, 0.25) is 0 Å². The van der Waals surface area contributed by atoms with Gasteiger partial charge in [-0.1, -0.05) is 38.5 Å². The van der Waals surface area contributed by atoms with Gasteiger partial charge in [-0.3, -0.25) is 4.79 Å². The highest BCUT2D eigenvalue weighted by atomic mass is 16.5. The molecule has 112 valence electrons. The first kappa shape index (κ1) is 16.5. The Morgan fingerprint density at radius 3 is 2.75 bits per heavy atom. The number of hydrogen-bond donors (Lipinski definition) is 2. The van der Waals surface area contributed by atoms with Crippen molar-refractivity contribution in [2.24, 2.45) is 0 Å². The van der Waals surface area contributed by atoms with Crippen molar-refractivity contribution in [1.29, 1.82) is 0 Å². The summed E-state index contributed by atoms with van der Waals surface area (Å²) in [6.07, 6.45) is 2.07. The van der Waals surface area contributed by atoms with Crippen LogP contribution in [-0.2, 0) is 4.79 Å². The van der Waals surface area contributed by atoms with Gasteiger partial charge in [-0.05, 0) is 26.0 Å². The van der Waals surface area contributed by atoms with E-state index in [-0.39, 0.29) is 18.6 Å². The molecule has 0 saturated carbocycles. The summed E-state index contributed by atoms with van der Waals surface area (Å²) in [5.41, 5.74) is 1.08. The Balaban J connectivity index is 2.52. The highest BCUT2D eigenvalue weighted by Gasteiger charge is 2.11. The lowest BCUT2D eigenvalue weighted by Gasteiger charge is -2.17. The van der Waals surface area contributed by atoms with Crippen LogP contribution in [0.4, 0.5) is 0 Å². The predicted molar refractivity (Wildman–Crippen MR) is 81.9 cm³/mol. The second-order valence-corrected chi connectivity index (χ2v) is 4.81. The van der Waals surface area contributed by atoms with Crippen molar-refractivity contribution in [1.82, 2.24) is 10.6 Å². The average Bonchev–Trinajstić information content (AvgIpc) is 2.46. The molecule has 0 aliphatic rings. The topological polar surface area (TPSA) is 50.4 Å². The van der Waals surface area contributed by atoms with E-state index in [2.05, 4.69) is 31.4 Å². The van der Waals surface area contributed by atoms with E-state index in [1.165, 1.54) is 0 Å². The van der Waals surface area contributed by atoms with E-state index < -0.39 is 0 Å². The van der Waals surface area contributed by atoms with Crippen LogP contribution in [-0.4, -0.2) is 25.6 Å². The zero-order valence-corrected chi connectivity index (χ0v) is 12.7. The Kier molecular flexibility index (Phi) is 7.73. The minimum absolute atomic E-state index is 0.0654. The Bertz CT molecular complexity index is 407. The third-order valence-corrected chi connectivity index (χ3v) is 3.11. The molecule has 1 aromatic carbocycles. The Hall–Kier alpha value is -1.55. The molecule has 0 heterocycles. The van der Waals surface area contributed by atoms with Crippen LogP contribution >= 0.6 is 0 Å². The van der Waals surface area contributed by atoms with Crippen molar-refractivity contribution in [2.75, 3.05) is 19.7 Å². The summed E-state index contributed by atoms with van der Waals surface area (Å²) in [7, 11) is 0. The maximum atomic E-state index is 11.6. The van der Waals surface area contributed by atoms with Crippen LogP contribution in [0.15, 0.2) is 24.3 Å². The SMILES string of the molecule is CCCCNC(=O)COc1ccccc1C(C)NCC. The van der Waals surface area contributed by atoms with E-state index in [0.29, 0.717) is 6.54 Å².